The van der Waals surface area contributed by atoms with E-state index in [0.29, 0.717) is 42.0 Å². The SMILES string of the molecule is C=C(/C=N\c1ccccc1N)Oc1ccc([C@H]2CCNCC2OCc2ccc3c(c2)N(CCCOC)CCO3)cc1. The van der Waals surface area contributed by atoms with Gasteiger partial charge in [-0.1, -0.05) is 36.9 Å². The Labute approximate surface area is 242 Å². The molecule has 0 amide bonds. The van der Waals surface area contributed by atoms with Crippen molar-refractivity contribution >= 4 is 23.3 Å². The fraction of sp³-hybridized carbons (Fsp3) is 0.364. The monoisotopic (exact) mass is 556 g/mol. The Bertz CT molecular complexity index is 1330. The molecule has 41 heavy (non-hydrogen) atoms. The van der Waals surface area contributed by atoms with Crippen LogP contribution in [0.25, 0.3) is 0 Å². The van der Waals surface area contributed by atoms with Gasteiger partial charge in [-0.3, -0.25) is 4.99 Å². The van der Waals surface area contributed by atoms with Gasteiger partial charge >= 0.3 is 0 Å². The molecular formula is C33H40N4O4. The van der Waals surface area contributed by atoms with Crippen molar-refractivity contribution in [3.63, 3.8) is 0 Å². The second-order valence-electron chi connectivity index (χ2n) is 10.4. The van der Waals surface area contributed by atoms with Gasteiger partial charge in [0.25, 0.3) is 0 Å². The Kier molecular flexibility index (Phi) is 9.91. The molecule has 0 radical (unpaired) electrons. The van der Waals surface area contributed by atoms with Gasteiger partial charge in [0.2, 0.25) is 0 Å². The first-order chi connectivity index (χ1) is 20.1. The van der Waals surface area contributed by atoms with Gasteiger partial charge in [0.1, 0.15) is 23.9 Å². The van der Waals surface area contributed by atoms with Gasteiger partial charge in [0, 0.05) is 32.7 Å². The molecule has 3 N–H and O–H groups in total. The minimum Gasteiger partial charge on any atom is -0.490 e. The highest BCUT2D eigenvalue weighted by Gasteiger charge is 2.27. The van der Waals surface area contributed by atoms with Crippen LogP contribution in [0, 0.1) is 0 Å². The van der Waals surface area contributed by atoms with Crippen LogP contribution in [-0.4, -0.2) is 58.8 Å². The molecule has 1 saturated heterocycles. The Morgan fingerprint density at radius 3 is 2.85 bits per heavy atom. The van der Waals surface area contributed by atoms with Gasteiger partial charge in [-0.05, 0) is 66.9 Å². The quantitative estimate of drug-likeness (QED) is 0.132. The molecule has 1 fully saturated rings. The molecule has 2 atom stereocenters. The second kappa shape index (κ2) is 14.2. The number of nitrogen functional groups attached to an aromatic ring is 1. The number of hydrogen-bond acceptors (Lipinski definition) is 8. The number of nitrogens with two attached hydrogens (primary N) is 1. The highest BCUT2D eigenvalue weighted by atomic mass is 16.5. The lowest BCUT2D eigenvalue weighted by molar-refractivity contribution is 0.0106. The van der Waals surface area contributed by atoms with Crippen molar-refractivity contribution in [3.8, 4) is 11.5 Å². The van der Waals surface area contributed by atoms with Gasteiger partial charge in [-0.25, -0.2) is 0 Å². The van der Waals surface area contributed by atoms with Crippen molar-refractivity contribution in [3.05, 3.63) is 90.2 Å². The van der Waals surface area contributed by atoms with Crippen LogP contribution in [-0.2, 0) is 16.1 Å². The summed E-state index contributed by atoms with van der Waals surface area (Å²) in [6.45, 7) is 9.59. The normalized spacial score (nSPS) is 18.6. The highest BCUT2D eigenvalue weighted by molar-refractivity contribution is 5.80. The van der Waals surface area contributed by atoms with Crippen molar-refractivity contribution < 1.29 is 18.9 Å². The van der Waals surface area contributed by atoms with Gasteiger partial charge in [-0.2, -0.15) is 0 Å². The predicted octanol–water partition coefficient (Wildman–Crippen LogP) is 5.46. The molecule has 8 nitrogen and oxygen atoms in total. The van der Waals surface area contributed by atoms with Gasteiger partial charge in [0.15, 0.2) is 0 Å². The molecule has 0 saturated carbocycles. The van der Waals surface area contributed by atoms with Crippen molar-refractivity contribution in [2.45, 2.75) is 31.5 Å². The molecule has 3 aromatic rings. The summed E-state index contributed by atoms with van der Waals surface area (Å²) >= 11 is 0. The van der Waals surface area contributed by atoms with E-state index in [-0.39, 0.29) is 6.10 Å². The summed E-state index contributed by atoms with van der Waals surface area (Å²) in [5.74, 6) is 2.39. The fourth-order valence-corrected chi connectivity index (χ4v) is 5.34. The number of methoxy groups -OCH3 is 1. The Balaban J connectivity index is 1.19. The molecule has 1 unspecified atom stereocenters. The molecule has 5 rings (SSSR count). The summed E-state index contributed by atoms with van der Waals surface area (Å²) in [7, 11) is 1.75. The number of nitrogens with one attached hydrogen (secondary N) is 1. The van der Waals surface area contributed by atoms with E-state index in [4.69, 9.17) is 24.7 Å². The maximum atomic E-state index is 6.52. The molecule has 2 heterocycles. The fourth-order valence-electron chi connectivity index (χ4n) is 5.34. The molecular weight excluding hydrogens is 516 g/mol. The van der Waals surface area contributed by atoms with Crippen LogP contribution >= 0.6 is 0 Å². The smallest absolute Gasteiger partial charge is 0.142 e. The van der Waals surface area contributed by atoms with Crippen LogP contribution in [0.1, 0.15) is 29.9 Å². The maximum absolute atomic E-state index is 6.52. The standard InChI is InChI=1S/C33H40N4O4/c1-24(21-36-30-7-4-3-6-29(30)34)41-27-11-9-26(10-12-27)28-14-15-35-22-33(28)40-23-25-8-13-32-31(20-25)37(17-19-39-32)16-5-18-38-2/h3-4,6-13,20-21,28,33,35H,1,5,14-19,22-23,34H2,2H3/b36-21-/t28-,33?/m1/s1. The summed E-state index contributed by atoms with van der Waals surface area (Å²) in [5, 5.41) is 3.50. The van der Waals surface area contributed by atoms with Crippen LogP contribution in [0.4, 0.5) is 17.1 Å². The van der Waals surface area contributed by atoms with Crippen molar-refractivity contribution in [2.75, 3.05) is 57.1 Å². The van der Waals surface area contributed by atoms with Crippen LogP contribution in [0.5, 0.6) is 11.5 Å². The number of hydrogen-bond donors (Lipinski definition) is 2. The van der Waals surface area contributed by atoms with Crippen LogP contribution in [0.15, 0.2) is 84.1 Å². The molecule has 2 aliphatic rings. The lowest BCUT2D eigenvalue weighted by Gasteiger charge is -2.33. The van der Waals surface area contributed by atoms with E-state index in [0.717, 1.165) is 62.6 Å². The third-order valence-corrected chi connectivity index (χ3v) is 7.49. The van der Waals surface area contributed by atoms with Crippen LogP contribution < -0.4 is 25.4 Å². The second-order valence-corrected chi connectivity index (χ2v) is 10.4. The van der Waals surface area contributed by atoms with Crippen molar-refractivity contribution in [1.29, 1.82) is 0 Å². The number of aliphatic imine (C=N–C) groups is 1. The van der Waals surface area contributed by atoms with Crippen molar-refractivity contribution in [1.82, 2.24) is 5.32 Å². The Hall–Kier alpha value is -3.85. The van der Waals surface area contributed by atoms with Gasteiger partial charge in [0.05, 0.1) is 42.5 Å². The summed E-state index contributed by atoms with van der Waals surface area (Å²) < 4.78 is 23.6. The molecule has 3 aromatic carbocycles. The largest absolute Gasteiger partial charge is 0.490 e. The van der Waals surface area contributed by atoms with Crippen LogP contribution in [0.3, 0.4) is 0 Å². The summed E-state index contributed by atoms with van der Waals surface area (Å²) in [6.07, 6.45) is 3.65. The highest BCUT2D eigenvalue weighted by Crippen LogP contribution is 2.34. The first kappa shape index (κ1) is 28.7. The zero-order valence-electron chi connectivity index (χ0n) is 23.8. The molecule has 8 heteroatoms. The molecule has 0 aromatic heterocycles. The van der Waals surface area contributed by atoms with E-state index in [2.05, 4.69) is 52.1 Å². The first-order valence-corrected chi connectivity index (χ1v) is 14.3. The zero-order valence-corrected chi connectivity index (χ0v) is 23.8. The predicted molar refractivity (Wildman–Crippen MR) is 165 cm³/mol. The summed E-state index contributed by atoms with van der Waals surface area (Å²) in [4.78, 5) is 6.76. The average molecular weight is 557 g/mol. The third kappa shape index (κ3) is 7.67. The topological polar surface area (TPSA) is 90.6 Å². The molecule has 0 aliphatic carbocycles. The number of nitrogens with zero attached hydrogens (tertiary/aromatic N) is 2. The minimum atomic E-state index is 0.0686. The molecule has 216 valence electrons. The number of rotatable bonds is 12. The summed E-state index contributed by atoms with van der Waals surface area (Å²) in [5.41, 5.74) is 10.8. The van der Waals surface area contributed by atoms with E-state index in [1.807, 2.05) is 36.4 Å². The van der Waals surface area contributed by atoms with E-state index in [1.54, 1.807) is 13.3 Å². The molecule has 0 bridgehead atoms. The Morgan fingerprint density at radius 1 is 1.17 bits per heavy atom. The van der Waals surface area contributed by atoms with Gasteiger partial charge < -0.3 is 34.9 Å². The van der Waals surface area contributed by atoms with E-state index in [9.17, 15) is 0 Å². The minimum absolute atomic E-state index is 0.0686. The number of para-hydroxylation sites is 2. The maximum Gasteiger partial charge on any atom is 0.142 e. The number of fused-ring (bicyclic) bond motifs is 1. The van der Waals surface area contributed by atoms with Gasteiger partial charge in [-0.15, -0.1) is 0 Å². The lowest BCUT2D eigenvalue weighted by Crippen LogP contribution is -2.41. The Morgan fingerprint density at radius 2 is 2.02 bits per heavy atom. The zero-order chi connectivity index (χ0) is 28.4. The number of benzene rings is 3. The third-order valence-electron chi connectivity index (χ3n) is 7.49. The van der Waals surface area contributed by atoms with E-state index in [1.165, 1.54) is 5.56 Å². The van der Waals surface area contributed by atoms with E-state index >= 15 is 0 Å². The number of ether oxygens (including phenoxy) is 4. The summed E-state index contributed by atoms with van der Waals surface area (Å²) in [6, 6.07) is 22.0. The van der Waals surface area contributed by atoms with Crippen molar-refractivity contribution in [2.24, 2.45) is 4.99 Å². The number of anilines is 2. The average Bonchev–Trinajstić information content (AvgIpc) is 3.00. The first-order valence-electron chi connectivity index (χ1n) is 14.3. The number of allylic oxidation sites excluding steroid dienone is 1. The molecule has 0 spiro atoms. The van der Waals surface area contributed by atoms with Crippen LogP contribution in [0.2, 0.25) is 0 Å². The lowest BCUT2D eigenvalue weighted by atomic mass is 9.87. The van der Waals surface area contributed by atoms with E-state index < -0.39 is 0 Å². The number of piperidine rings is 1. The molecule has 2 aliphatic heterocycles.